The molecule has 0 aliphatic carbocycles. The van der Waals surface area contributed by atoms with Crippen molar-refractivity contribution < 1.29 is 4.79 Å². The molecule has 6 heteroatoms. The first-order chi connectivity index (χ1) is 11.7. The van der Waals surface area contributed by atoms with Crippen molar-refractivity contribution in [3.05, 3.63) is 57.2 Å². The smallest absolute Gasteiger partial charge is 0.317 e. The maximum atomic E-state index is 12.2. The number of rotatable bonds is 5. The van der Waals surface area contributed by atoms with Gasteiger partial charge in [-0.05, 0) is 24.1 Å². The van der Waals surface area contributed by atoms with Gasteiger partial charge in [-0.25, -0.2) is 4.79 Å². The molecule has 0 spiro atoms. The van der Waals surface area contributed by atoms with Crippen LogP contribution in [0.2, 0.25) is 4.34 Å². The molecule has 0 saturated carbocycles. The SMILES string of the molecule is O=C(NCCc1ccccc1)N1CCN(Cc2ccc(Cl)s2)CC1. The summed E-state index contributed by atoms with van der Waals surface area (Å²) in [4.78, 5) is 17.8. The van der Waals surface area contributed by atoms with Crippen molar-refractivity contribution in [2.45, 2.75) is 13.0 Å². The predicted molar refractivity (Wildman–Crippen MR) is 99.7 cm³/mol. The Hall–Kier alpha value is -1.56. The second kappa shape index (κ2) is 8.51. The van der Waals surface area contributed by atoms with Crippen LogP contribution < -0.4 is 5.32 Å². The van der Waals surface area contributed by atoms with Crippen molar-refractivity contribution in [2.24, 2.45) is 0 Å². The molecule has 1 saturated heterocycles. The molecule has 128 valence electrons. The van der Waals surface area contributed by atoms with Crippen LogP contribution in [0.1, 0.15) is 10.4 Å². The van der Waals surface area contributed by atoms with Gasteiger partial charge < -0.3 is 10.2 Å². The number of hydrogen-bond donors (Lipinski definition) is 1. The summed E-state index contributed by atoms with van der Waals surface area (Å²) in [5.41, 5.74) is 1.25. The largest absolute Gasteiger partial charge is 0.338 e. The molecule has 1 aromatic heterocycles. The van der Waals surface area contributed by atoms with Crippen LogP contribution in [-0.4, -0.2) is 48.6 Å². The van der Waals surface area contributed by atoms with E-state index < -0.39 is 0 Å². The van der Waals surface area contributed by atoms with E-state index in [1.54, 1.807) is 11.3 Å². The number of hydrogen-bond acceptors (Lipinski definition) is 3. The zero-order chi connectivity index (χ0) is 16.8. The van der Waals surface area contributed by atoms with E-state index in [9.17, 15) is 4.79 Å². The molecule has 1 aliphatic rings. The summed E-state index contributed by atoms with van der Waals surface area (Å²) >= 11 is 7.60. The van der Waals surface area contributed by atoms with Crippen LogP contribution >= 0.6 is 22.9 Å². The molecule has 3 rings (SSSR count). The van der Waals surface area contributed by atoms with Crippen LogP contribution in [0.25, 0.3) is 0 Å². The second-order valence-electron chi connectivity index (χ2n) is 5.94. The van der Waals surface area contributed by atoms with Crippen LogP contribution in [0.3, 0.4) is 0 Å². The summed E-state index contributed by atoms with van der Waals surface area (Å²) in [6.07, 6.45) is 0.867. The van der Waals surface area contributed by atoms with Gasteiger partial charge in [-0.3, -0.25) is 4.90 Å². The third-order valence-electron chi connectivity index (χ3n) is 4.20. The number of piperazine rings is 1. The van der Waals surface area contributed by atoms with Crippen LogP contribution in [0.5, 0.6) is 0 Å². The van der Waals surface area contributed by atoms with Crippen LogP contribution in [0.15, 0.2) is 42.5 Å². The predicted octanol–water partition coefficient (Wildman–Crippen LogP) is 3.47. The molecular weight excluding hydrogens is 342 g/mol. The topological polar surface area (TPSA) is 35.6 Å². The van der Waals surface area contributed by atoms with Gasteiger partial charge in [-0.2, -0.15) is 0 Å². The fraction of sp³-hybridized carbons (Fsp3) is 0.389. The Morgan fingerprint density at radius 1 is 1.08 bits per heavy atom. The first-order valence-corrected chi connectivity index (χ1v) is 9.43. The van der Waals surface area contributed by atoms with E-state index >= 15 is 0 Å². The Labute approximate surface area is 152 Å². The average molecular weight is 364 g/mol. The van der Waals surface area contributed by atoms with Gasteiger partial charge in [0.15, 0.2) is 0 Å². The van der Waals surface area contributed by atoms with Crippen molar-refractivity contribution in [2.75, 3.05) is 32.7 Å². The van der Waals surface area contributed by atoms with E-state index in [1.807, 2.05) is 29.2 Å². The third-order valence-corrected chi connectivity index (χ3v) is 5.42. The minimum absolute atomic E-state index is 0.0461. The maximum absolute atomic E-state index is 12.2. The van der Waals surface area contributed by atoms with E-state index in [2.05, 4.69) is 28.4 Å². The Balaban J connectivity index is 1.37. The lowest BCUT2D eigenvalue weighted by Crippen LogP contribution is -2.51. The molecule has 2 aromatic rings. The molecule has 1 N–H and O–H groups in total. The van der Waals surface area contributed by atoms with E-state index in [4.69, 9.17) is 11.6 Å². The Kier molecular flexibility index (Phi) is 6.12. The number of nitrogens with zero attached hydrogens (tertiary/aromatic N) is 2. The first kappa shape index (κ1) is 17.3. The standard InChI is InChI=1S/C18H22ClN3OS/c19-17-7-6-16(24-17)14-21-10-12-22(13-11-21)18(23)20-9-8-15-4-2-1-3-5-15/h1-7H,8-14H2,(H,20,23). The fourth-order valence-electron chi connectivity index (χ4n) is 2.84. The zero-order valence-corrected chi connectivity index (χ0v) is 15.2. The van der Waals surface area contributed by atoms with Gasteiger partial charge >= 0.3 is 6.03 Å². The Bertz CT molecular complexity index is 653. The maximum Gasteiger partial charge on any atom is 0.317 e. The number of nitrogens with one attached hydrogen (secondary N) is 1. The van der Waals surface area contributed by atoms with Gasteiger partial charge in [0.05, 0.1) is 4.34 Å². The van der Waals surface area contributed by atoms with Crippen molar-refractivity contribution in [1.29, 1.82) is 0 Å². The van der Waals surface area contributed by atoms with Crippen molar-refractivity contribution in [3.63, 3.8) is 0 Å². The lowest BCUT2D eigenvalue weighted by molar-refractivity contribution is 0.136. The summed E-state index contributed by atoms with van der Waals surface area (Å²) in [5.74, 6) is 0. The highest BCUT2D eigenvalue weighted by Crippen LogP contribution is 2.23. The van der Waals surface area contributed by atoms with Crippen molar-refractivity contribution in [3.8, 4) is 0 Å². The molecule has 2 heterocycles. The third kappa shape index (κ3) is 4.97. The number of carbonyl (C=O) groups is 1. The van der Waals surface area contributed by atoms with Crippen LogP contribution in [0, 0.1) is 0 Å². The summed E-state index contributed by atoms with van der Waals surface area (Å²) in [6, 6.07) is 14.3. The highest BCUT2D eigenvalue weighted by Gasteiger charge is 2.21. The molecule has 1 fully saturated rings. The quantitative estimate of drug-likeness (QED) is 0.882. The fourth-order valence-corrected chi connectivity index (χ4v) is 3.97. The molecule has 2 amide bonds. The minimum atomic E-state index is 0.0461. The highest BCUT2D eigenvalue weighted by atomic mass is 35.5. The van der Waals surface area contributed by atoms with Gasteiger partial charge in [0.2, 0.25) is 0 Å². The van der Waals surface area contributed by atoms with Gasteiger partial charge in [0, 0.05) is 44.1 Å². The van der Waals surface area contributed by atoms with E-state index in [0.29, 0.717) is 6.54 Å². The van der Waals surface area contributed by atoms with E-state index in [1.165, 1.54) is 10.4 Å². The average Bonchev–Trinajstić information content (AvgIpc) is 3.01. The Morgan fingerprint density at radius 3 is 2.50 bits per heavy atom. The number of benzene rings is 1. The van der Waals surface area contributed by atoms with Crippen LogP contribution in [-0.2, 0) is 13.0 Å². The zero-order valence-electron chi connectivity index (χ0n) is 13.6. The number of urea groups is 1. The molecule has 1 aliphatic heterocycles. The molecule has 4 nitrogen and oxygen atoms in total. The second-order valence-corrected chi connectivity index (χ2v) is 7.74. The number of amides is 2. The molecule has 0 atom stereocenters. The molecule has 0 bridgehead atoms. The molecular formula is C18H22ClN3OS. The highest BCUT2D eigenvalue weighted by molar-refractivity contribution is 7.16. The summed E-state index contributed by atoms with van der Waals surface area (Å²) in [6.45, 7) is 4.95. The van der Waals surface area contributed by atoms with Gasteiger partial charge in [-0.15, -0.1) is 11.3 Å². The number of carbonyl (C=O) groups excluding carboxylic acids is 1. The monoisotopic (exact) mass is 363 g/mol. The lowest BCUT2D eigenvalue weighted by atomic mass is 10.1. The van der Waals surface area contributed by atoms with Gasteiger partial charge in [0.25, 0.3) is 0 Å². The normalized spacial score (nSPS) is 15.5. The lowest BCUT2D eigenvalue weighted by Gasteiger charge is -2.34. The summed E-state index contributed by atoms with van der Waals surface area (Å²) in [5, 5.41) is 3.02. The number of thiophene rings is 1. The van der Waals surface area contributed by atoms with Crippen LogP contribution in [0.4, 0.5) is 4.79 Å². The summed E-state index contributed by atoms with van der Waals surface area (Å²) in [7, 11) is 0. The minimum Gasteiger partial charge on any atom is -0.338 e. The molecule has 1 aromatic carbocycles. The van der Waals surface area contributed by atoms with Gasteiger partial charge in [0.1, 0.15) is 0 Å². The first-order valence-electron chi connectivity index (χ1n) is 8.24. The van der Waals surface area contributed by atoms with E-state index in [-0.39, 0.29) is 6.03 Å². The number of halogens is 1. The molecule has 24 heavy (non-hydrogen) atoms. The molecule has 0 radical (unpaired) electrons. The summed E-state index contributed by atoms with van der Waals surface area (Å²) < 4.78 is 0.835. The van der Waals surface area contributed by atoms with Gasteiger partial charge in [-0.1, -0.05) is 41.9 Å². The molecule has 0 unspecified atom stereocenters. The van der Waals surface area contributed by atoms with Crippen molar-refractivity contribution in [1.82, 2.24) is 15.1 Å². The van der Waals surface area contributed by atoms with E-state index in [0.717, 1.165) is 43.5 Å². The Morgan fingerprint density at radius 2 is 1.83 bits per heavy atom. The van der Waals surface area contributed by atoms with Crippen molar-refractivity contribution >= 4 is 29.0 Å².